The number of hydrogen-bond acceptors (Lipinski definition) is 2. The molecule has 2 unspecified atom stereocenters. The van der Waals surface area contributed by atoms with Gasteiger partial charge in [-0.3, -0.25) is 4.79 Å². The molecule has 104 valence electrons. The maximum atomic E-state index is 13.5. The van der Waals surface area contributed by atoms with Crippen molar-refractivity contribution in [2.45, 2.75) is 19.1 Å². The molecule has 3 nitrogen and oxygen atoms in total. The topological polar surface area (TPSA) is 29.5 Å². The van der Waals surface area contributed by atoms with E-state index in [-0.39, 0.29) is 18.1 Å². The van der Waals surface area contributed by atoms with Gasteiger partial charge >= 0.3 is 0 Å². The predicted molar refractivity (Wildman–Crippen MR) is 75.1 cm³/mol. The molecule has 1 saturated heterocycles. The lowest BCUT2D eigenvalue weighted by atomic mass is 10.1. The van der Waals surface area contributed by atoms with Crippen LogP contribution in [0, 0.1) is 5.82 Å². The Morgan fingerprint density at radius 1 is 1.63 bits per heavy atom. The summed E-state index contributed by atoms with van der Waals surface area (Å²) in [6, 6.07) is 4.34. The number of ether oxygens (including phenoxy) is 1. The van der Waals surface area contributed by atoms with Gasteiger partial charge in [0.25, 0.3) is 5.91 Å². The van der Waals surface area contributed by atoms with Crippen LogP contribution in [0.2, 0.25) is 0 Å². The van der Waals surface area contributed by atoms with Crippen LogP contribution >= 0.6 is 27.5 Å². The van der Waals surface area contributed by atoms with Crippen molar-refractivity contribution in [3.05, 3.63) is 34.1 Å². The zero-order chi connectivity index (χ0) is 14.0. The Morgan fingerprint density at radius 2 is 2.37 bits per heavy atom. The van der Waals surface area contributed by atoms with Gasteiger partial charge in [-0.05, 0) is 41.1 Å². The van der Waals surface area contributed by atoms with Gasteiger partial charge in [0.2, 0.25) is 0 Å². The number of morpholine rings is 1. The van der Waals surface area contributed by atoms with E-state index in [0.29, 0.717) is 29.1 Å². The van der Waals surface area contributed by atoms with E-state index in [4.69, 9.17) is 16.3 Å². The van der Waals surface area contributed by atoms with Crippen molar-refractivity contribution in [1.29, 1.82) is 0 Å². The molecule has 2 atom stereocenters. The molecule has 1 aromatic rings. The number of nitrogens with zero attached hydrogens (tertiary/aromatic N) is 1. The summed E-state index contributed by atoms with van der Waals surface area (Å²) in [6.45, 7) is 2.78. The summed E-state index contributed by atoms with van der Waals surface area (Å²) in [6.07, 6.45) is -0.165. The van der Waals surface area contributed by atoms with Gasteiger partial charge in [0.1, 0.15) is 5.82 Å². The van der Waals surface area contributed by atoms with Crippen LogP contribution in [-0.4, -0.2) is 42.0 Å². The number of carbonyl (C=O) groups excluding carboxylic acids is 1. The molecule has 0 spiro atoms. The first-order valence-corrected chi connectivity index (χ1v) is 7.29. The summed E-state index contributed by atoms with van der Waals surface area (Å²) < 4.78 is 19.3. The van der Waals surface area contributed by atoms with Gasteiger partial charge in [-0.15, -0.1) is 11.6 Å². The Balaban J connectivity index is 2.19. The summed E-state index contributed by atoms with van der Waals surface area (Å²) >= 11 is 8.83. The van der Waals surface area contributed by atoms with Crippen LogP contribution < -0.4 is 0 Å². The highest BCUT2D eigenvalue weighted by Gasteiger charge is 2.30. The lowest BCUT2D eigenvalue weighted by Gasteiger charge is -2.37. The highest BCUT2D eigenvalue weighted by atomic mass is 79.9. The van der Waals surface area contributed by atoms with Crippen molar-refractivity contribution >= 4 is 33.4 Å². The Kier molecular flexibility index (Phi) is 4.81. The van der Waals surface area contributed by atoms with Crippen LogP contribution in [0.15, 0.2) is 22.7 Å². The fraction of sp³-hybridized carbons (Fsp3) is 0.462. The van der Waals surface area contributed by atoms with E-state index in [1.165, 1.54) is 12.1 Å². The standard InChI is InChI=1S/C13H14BrClFNO2/c1-8-7-19-10(5-15)6-17(8)13(18)9-2-3-11(14)12(16)4-9/h2-4,8,10H,5-7H2,1H3. The Hall–Kier alpha value is -0.650. The molecular weight excluding hydrogens is 337 g/mol. The average Bonchev–Trinajstić information content (AvgIpc) is 2.41. The quantitative estimate of drug-likeness (QED) is 0.767. The Bertz CT molecular complexity index is 486. The summed E-state index contributed by atoms with van der Waals surface area (Å²) in [5.74, 6) is -0.302. The van der Waals surface area contributed by atoms with Gasteiger partial charge in [-0.2, -0.15) is 0 Å². The molecule has 0 aliphatic carbocycles. The molecule has 1 amide bonds. The van der Waals surface area contributed by atoms with Crippen molar-refractivity contribution < 1.29 is 13.9 Å². The number of hydrogen-bond donors (Lipinski definition) is 0. The molecule has 19 heavy (non-hydrogen) atoms. The van der Waals surface area contributed by atoms with E-state index in [0.717, 1.165) is 0 Å². The molecule has 0 N–H and O–H groups in total. The minimum absolute atomic E-state index is 0.0429. The normalized spacial score (nSPS) is 23.5. The zero-order valence-corrected chi connectivity index (χ0v) is 12.7. The monoisotopic (exact) mass is 349 g/mol. The molecule has 0 radical (unpaired) electrons. The van der Waals surface area contributed by atoms with Crippen LogP contribution in [0.4, 0.5) is 4.39 Å². The van der Waals surface area contributed by atoms with Gasteiger partial charge in [-0.25, -0.2) is 4.39 Å². The minimum atomic E-state index is -0.444. The molecule has 1 aliphatic rings. The van der Waals surface area contributed by atoms with Gasteiger partial charge in [0.05, 0.1) is 29.1 Å². The highest BCUT2D eigenvalue weighted by Crippen LogP contribution is 2.20. The van der Waals surface area contributed by atoms with Crippen molar-refractivity contribution in [3.63, 3.8) is 0 Å². The van der Waals surface area contributed by atoms with E-state index in [2.05, 4.69) is 15.9 Å². The fourth-order valence-electron chi connectivity index (χ4n) is 1.99. The molecular formula is C13H14BrClFNO2. The highest BCUT2D eigenvalue weighted by molar-refractivity contribution is 9.10. The number of alkyl halides is 1. The first kappa shape index (κ1) is 14.8. The first-order valence-electron chi connectivity index (χ1n) is 5.96. The third-order valence-electron chi connectivity index (χ3n) is 3.11. The lowest BCUT2D eigenvalue weighted by molar-refractivity contribution is -0.0371. The summed E-state index contributed by atoms with van der Waals surface area (Å²) in [7, 11) is 0. The molecule has 6 heteroatoms. The second-order valence-corrected chi connectivity index (χ2v) is 5.71. The molecule has 1 aliphatic heterocycles. The molecule has 0 saturated carbocycles. The summed E-state index contributed by atoms with van der Waals surface area (Å²) in [4.78, 5) is 14.1. The predicted octanol–water partition coefficient (Wildman–Crippen LogP) is 3.06. The van der Waals surface area contributed by atoms with Crippen molar-refractivity contribution in [2.24, 2.45) is 0 Å². The molecule has 1 fully saturated rings. The number of halogens is 3. The molecule has 1 aromatic carbocycles. The summed E-state index contributed by atoms with van der Waals surface area (Å²) in [5, 5.41) is 0. The zero-order valence-electron chi connectivity index (χ0n) is 10.4. The maximum Gasteiger partial charge on any atom is 0.254 e. The van der Waals surface area contributed by atoms with Gasteiger partial charge in [0, 0.05) is 12.1 Å². The van der Waals surface area contributed by atoms with E-state index in [9.17, 15) is 9.18 Å². The van der Waals surface area contributed by atoms with Gasteiger partial charge in [-0.1, -0.05) is 0 Å². The molecule has 0 aromatic heterocycles. The second-order valence-electron chi connectivity index (χ2n) is 4.55. The number of carbonyl (C=O) groups is 1. The number of rotatable bonds is 2. The van der Waals surface area contributed by atoms with E-state index in [1.54, 1.807) is 11.0 Å². The molecule has 2 rings (SSSR count). The maximum absolute atomic E-state index is 13.5. The van der Waals surface area contributed by atoms with E-state index in [1.807, 2.05) is 6.92 Å². The van der Waals surface area contributed by atoms with Crippen LogP contribution in [0.25, 0.3) is 0 Å². The van der Waals surface area contributed by atoms with Crippen LogP contribution in [-0.2, 0) is 4.74 Å². The van der Waals surface area contributed by atoms with Crippen LogP contribution in [0.5, 0.6) is 0 Å². The van der Waals surface area contributed by atoms with Gasteiger partial charge < -0.3 is 9.64 Å². The van der Waals surface area contributed by atoms with Crippen molar-refractivity contribution in [3.8, 4) is 0 Å². The van der Waals surface area contributed by atoms with Gasteiger partial charge in [0.15, 0.2) is 0 Å². The average molecular weight is 351 g/mol. The van der Waals surface area contributed by atoms with Crippen molar-refractivity contribution in [1.82, 2.24) is 4.90 Å². The third kappa shape index (κ3) is 3.27. The lowest BCUT2D eigenvalue weighted by Crippen LogP contribution is -2.51. The Labute approximate surface area is 124 Å². The summed E-state index contributed by atoms with van der Waals surface area (Å²) in [5.41, 5.74) is 0.336. The Morgan fingerprint density at radius 3 is 3.00 bits per heavy atom. The number of benzene rings is 1. The molecule has 0 bridgehead atoms. The van der Waals surface area contributed by atoms with Crippen LogP contribution in [0.1, 0.15) is 17.3 Å². The van der Waals surface area contributed by atoms with Crippen LogP contribution in [0.3, 0.4) is 0 Å². The van der Waals surface area contributed by atoms with E-state index < -0.39 is 5.82 Å². The SMILES string of the molecule is CC1COC(CCl)CN1C(=O)c1ccc(Br)c(F)c1. The second kappa shape index (κ2) is 6.20. The fourth-order valence-corrected chi connectivity index (χ4v) is 2.42. The number of amides is 1. The minimum Gasteiger partial charge on any atom is -0.373 e. The van der Waals surface area contributed by atoms with E-state index >= 15 is 0 Å². The smallest absolute Gasteiger partial charge is 0.254 e. The molecule has 1 heterocycles. The third-order valence-corrected chi connectivity index (χ3v) is 4.09. The largest absolute Gasteiger partial charge is 0.373 e. The first-order chi connectivity index (χ1) is 9.02. The van der Waals surface area contributed by atoms with Crippen molar-refractivity contribution in [2.75, 3.05) is 19.0 Å².